The number of nitriles is 1. The summed E-state index contributed by atoms with van der Waals surface area (Å²) in [5.41, 5.74) is 2.24. The van der Waals surface area contributed by atoms with E-state index in [2.05, 4.69) is 29.5 Å². The number of nitrogens with zero attached hydrogens (tertiary/aromatic N) is 2. The zero-order valence-corrected chi connectivity index (χ0v) is 13.5. The van der Waals surface area contributed by atoms with Crippen LogP contribution in [0.5, 0.6) is 0 Å². The Hall–Kier alpha value is -2.00. The number of benzene rings is 1. The van der Waals surface area contributed by atoms with Gasteiger partial charge in [0.1, 0.15) is 0 Å². The summed E-state index contributed by atoms with van der Waals surface area (Å²) >= 11 is 1.36. The Bertz CT molecular complexity index is 576. The molecule has 0 bridgehead atoms. The first-order valence-electron chi connectivity index (χ1n) is 6.64. The summed E-state index contributed by atoms with van der Waals surface area (Å²) < 4.78 is 0. The van der Waals surface area contributed by atoms with Crippen LogP contribution in [0.25, 0.3) is 0 Å². The maximum atomic E-state index is 12.0. The van der Waals surface area contributed by atoms with E-state index in [1.54, 1.807) is 18.2 Å². The average molecular weight is 304 g/mol. The number of hydrogen-bond acceptors (Lipinski definition) is 4. The monoisotopic (exact) mass is 304 g/mol. The van der Waals surface area contributed by atoms with Crippen molar-refractivity contribution in [3.8, 4) is 6.19 Å². The Kier molecular flexibility index (Phi) is 6.76. The molecule has 0 saturated heterocycles. The summed E-state index contributed by atoms with van der Waals surface area (Å²) in [6.07, 6.45) is 3.69. The molecule has 0 fully saturated rings. The van der Waals surface area contributed by atoms with Gasteiger partial charge in [0.25, 0.3) is 5.91 Å². The first kappa shape index (κ1) is 17.1. The third-order valence-electron chi connectivity index (χ3n) is 2.71. The largest absolute Gasteiger partial charge is 0.352 e. The van der Waals surface area contributed by atoms with Crippen molar-refractivity contribution in [3.05, 3.63) is 29.3 Å². The third-order valence-corrected chi connectivity index (χ3v) is 3.29. The summed E-state index contributed by atoms with van der Waals surface area (Å²) in [6.45, 7) is 6.65. The van der Waals surface area contributed by atoms with E-state index in [9.17, 15) is 4.79 Å². The number of aryl methyl sites for hydroxylation is 1. The van der Waals surface area contributed by atoms with Crippen LogP contribution < -0.4 is 10.6 Å². The molecule has 1 aromatic carbocycles. The molecular weight excluding hydrogens is 284 g/mol. The lowest BCUT2D eigenvalue weighted by atomic mass is 10.1. The van der Waals surface area contributed by atoms with E-state index in [-0.39, 0.29) is 5.91 Å². The van der Waals surface area contributed by atoms with Gasteiger partial charge in [-0.2, -0.15) is 5.26 Å². The van der Waals surface area contributed by atoms with Gasteiger partial charge in [0, 0.05) is 12.1 Å². The van der Waals surface area contributed by atoms with Crippen molar-refractivity contribution >= 4 is 28.5 Å². The molecule has 0 spiro atoms. The standard InChI is InChI=1S/C15H20N4OS/c1-10(2)8-17-14(20)12-5-6-13(11(3)7-12)19-15(21-4)18-9-16/h5-7,10H,8H2,1-4H3,(H,17,20)(H,18,19). The van der Waals surface area contributed by atoms with E-state index < -0.39 is 0 Å². The van der Waals surface area contributed by atoms with Crippen LogP contribution >= 0.6 is 11.8 Å². The maximum absolute atomic E-state index is 12.0. The molecule has 1 rings (SSSR count). The van der Waals surface area contributed by atoms with Crippen LogP contribution in [0.1, 0.15) is 29.8 Å². The van der Waals surface area contributed by atoms with Crippen molar-refractivity contribution in [2.24, 2.45) is 10.9 Å². The lowest BCUT2D eigenvalue weighted by molar-refractivity contribution is 0.0949. The average Bonchev–Trinajstić information content (AvgIpc) is 2.45. The van der Waals surface area contributed by atoms with Gasteiger partial charge in [-0.05, 0) is 42.9 Å². The summed E-state index contributed by atoms with van der Waals surface area (Å²) in [5.74, 6) is 0.336. The van der Waals surface area contributed by atoms with Gasteiger partial charge in [-0.3, -0.25) is 10.1 Å². The second kappa shape index (κ2) is 8.32. The topological polar surface area (TPSA) is 77.3 Å². The Labute approximate surface area is 129 Å². The summed E-state index contributed by atoms with van der Waals surface area (Å²) in [4.78, 5) is 16.3. The molecular formula is C15H20N4OS. The molecule has 0 aliphatic carbocycles. The number of carbonyl (C=O) groups excluding carboxylic acids is 1. The van der Waals surface area contributed by atoms with Crippen molar-refractivity contribution < 1.29 is 4.79 Å². The number of rotatable bonds is 4. The van der Waals surface area contributed by atoms with Gasteiger partial charge in [-0.25, -0.2) is 4.99 Å². The van der Waals surface area contributed by atoms with Gasteiger partial charge in [-0.1, -0.05) is 25.6 Å². The van der Waals surface area contributed by atoms with E-state index >= 15 is 0 Å². The van der Waals surface area contributed by atoms with E-state index in [1.807, 2.05) is 19.4 Å². The molecule has 2 N–H and O–H groups in total. The van der Waals surface area contributed by atoms with Crippen molar-refractivity contribution in [3.63, 3.8) is 0 Å². The highest BCUT2D eigenvalue weighted by Crippen LogP contribution is 2.21. The second-order valence-electron chi connectivity index (χ2n) is 4.96. The van der Waals surface area contributed by atoms with E-state index in [0.29, 0.717) is 23.2 Å². The van der Waals surface area contributed by atoms with Crippen LogP contribution in [0.2, 0.25) is 0 Å². The Balaban J connectivity index is 2.90. The number of amidine groups is 1. The fourth-order valence-corrected chi connectivity index (χ4v) is 1.94. The highest BCUT2D eigenvalue weighted by Gasteiger charge is 2.08. The summed E-state index contributed by atoms with van der Waals surface area (Å²) in [6, 6.07) is 5.33. The Morgan fingerprint density at radius 3 is 2.71 bits per heavy atom. The first-order chi connectivity index (χ1) is 9.97. The minimum absolute atomic E-state index is 0.0810. The van der Waals surface area contributed by atoms with Gasteiger partial charge in [0.2, 0.25) is 0 Å². The molecule has 0 aliphatic rings. The molecule has 0 heterocycles. The predicted octanol–water partition coefficient (Wildman–Crippen LogP) is 2.80. The predicted molar refractivity (Wildman–Crippen MR) is 87.7 cm³/mol. The normalized spacial score (nSPS) is 11.1. The minimum Gasteiger partial charge on any atom is -0.352 e. The molecule has 0 saturated carbocycles. The van der Waals surface area contributed by atoms with E-state index in [0.717, 1.165) is 11.3 Å². The molecule has 21 heavy (non-hydrogen) atoms. The van der Waals surface area contributed by atoms with Crippen LogP contribution in [0.4, 0.5) is 5.69 Å². The lowest BCUT2D eigenvalue weighted by Crippen LogP contribution is -2.27. The van der Waals surface area contributed by atoms with E-state index in [1.165, 1.54) is 11.8 Å². The second-order valence-corrected chi connectivity index (χ2v) is 5.76. The van der Waals surface area contributed by atoms with Crippen molar-refractivity contribution in [2.75, 3.05) is 12.8 Å². The molecule has 1 aromatic rings. The van der Waals surface area contributed by atoms with Gasteiger partial charge < -0.3 is 5.32 Å². The number of nitrogens with one attached hydrogen (secondary N) is 2. The highest BCUT2D eigenvalue weighted by atomic mass is 32.2. The molecule has 6 heteroatoms. The number of hydrogen-bond donors (Lipinski definition) is 2. The third kappa shape index (κ3) is 5.48. The van der Waals surface area contributed by atoms with Crippen LogP contribution in [0.3, 0.4) is 0 Å². The van der Waals surface area contributed by atoms with Gasteiger partial charge in [0.15, 0.2) is 11.4 Å². The van der Waals surface area contributed by atoms with Crippen molar-refractivity contribution in [1.29, 1.82) is 5.26 Å². The molecule has 5 nitrogen and oxygen atoms in total. The maximum Gasteiger partial charge on any atom is 0.251 e. The molecule has 0 unspecified atom stereocenters. The first-order valence-corrected chi connectivity index (χ1v) is 7.87. The quantitative estimate of drug-likeness (QED) is 0.388. The van der Waals surface area contributed by atoms with Crippen molar-refractivity contribution in [1.82, 2.24) is 10.6 Å². The molecule has 0 atom stereocenters. The molecule has 0 aromatic heterocycles. The highest BCUT2D eigenvalue weighted by molar-refractivity contribution is 8.13. The SMILES string of the molecule is CSC(=Nc1ccc(C(=O)NCC(C)C)cc1C)NC#N. The van der Waals surface area contributed by atoms with Gasteiger partial charge >= 0.3 is 0 Å². The van der Waals surface area contributed by atoms with Crippen molar-refractivity contribution in [2.45, 2.75) is 20.8 Å². The number of carbonyl (C=O) groups is 1. The zero-order chi connectivity index (χ0) is 15.8. The minimum atomic E-state index is -0.0810. The molecule has 0 aliphatic heterocycles. The van der Waals surface area contributed by atoms with E-state index in [4.69, 9.17) is 5.26 Å². The number of aliphatic imine (C=N–C) groups is 1. The molecule has 1 amide bonds. The smallest absolute Gasteiger partial charge is 0.251 e. The molecule has 112 valence electrons. The van der Waals surface area contributed by atoms with Gasteiger partial charge in [-0.15, -0.1) is 0 Å². The van der Waals surface area contributed by atoms with Crippen LogP contribution in [-0.4, -0.2) is 23.9 Å². The Morgan fingerprint density at radius 1 is 1.48 bits per heavy atom. The zero-order valence-electron chi connectivity index (χ0n) is 12.7. The number of amides is 1. The summed E-state index contributed by atoms with van der Waals surface area (Å²) in [5, 5.41) is 14.6. The Morgan fingerprint density at radius 2 is 2.19 bits per heavy atom. The molecule has 0 radical (unpaired) electrons. The fraction of sp³-hybridized carbons (Fsp3) is 0.400. The summed E-state index contributed by atoms with van der Waals surface area (Å²) in [7, 11) is 0. The van der Waals surface area contributed by atoms with Gasteiger partial charge in [0.05, 0.1) is 5.69 Å². The van der Waals surface area contributed by atoms with Crippen LogP contribution in [0, 0.1) is 24.3 Å². The number of thioether (sulfide) groups is 1. The fourth-order valence-electron chi connectivity index (χ4n) is 1.60. The van der Waals surface area contributed by atoms with Crippen LogP contribution in [-0.2, 0) is 0 Å². The lowest BCUT2D eigenvalue weighted by Gasteiger charge is -2.09. The van der Waals surface area contributed by atoms with Crippen LogP contribution in [0.15, 0.2) is 23.2 Å².